The van der Waals surface area contributed by atoms with E-state index in [-0.39, 0.29) is 18.4 Å². The van der Waals surface area contributed by atoms with Crippen molar-refractivity contribution in [3.05, 3.63) is 30.0 Å². The van der Waals surface area contributed by atoms with Gasteiger partial charge in [0.25, 0.3) is 5.91 Å². The number of nitrogen functional groups attached to an aromatic ring is 1. The van der Waals surface area contributed by atoms with Gasteiger partial charge in [-0.25, -0.2) is 0 Å². The lowest BCUT2D eigenvalue weighted by atomic mass is 9.96. The van der Waals surface area contributed by atoms with Crippen molar-refractivity contribution < 1.29 is 9.90 Å². The molecule has 0 aliphatic heterocycles. The van der Waals surface area contributed by atoms with E-state index >= 15 is 0 Å². The van der Waals surface area contributed by atoms with E-state index in [1.165, 1.54) is 0 Å². The number of nitrogens with two attached hydrogens (primary N) is 1. The number of H-pyrrole nitrogens is 1. The number of aliphatic hydroxyl groups is 1. The maximum Gasteiger partial charge on any atom is 0.267 e. The molecule has 0 fully saturated rings. The number of aliphatic hydroxyl groups excluding tert-OH is 1. The van der Waals surface area contributed by atoms with Crippen LogP contribution >= 0.6 is 0 Å². The summed E-state index contributed by atoms with van der Waals surface area (Å²) in [5, 5.41) is 13.7. The summed E-state index contributed by atoms with van der Waals surface area (Å²) in [7, 11) is 0. The first-order chi connectivity index (χ1) is 10.0. The number of aromatic amines is 1. The van der Waals surface area contributed by atoms with Gasteiger partial charge in [-0.2, -0.15) is 0 Å². The van der Waals surface area contributed by atoms with Gasteiger partial charge in [0.1, 0.15) is 5.69 Å². The fourth-order valence-electron chi connectivity index (χ4n) is 2.57. The van der Waals surface area contributed by atoms with Crippen molar-refractivity contribution in [1.29, 1.82) is 0 Å². The first-order valence-corrected chi connectivity index (χ1v) is 7.39. The number of aromatic nitrogens is 1. The Morgan fingerprint density at radius 2 is 2.05 bits per heavy atom. The quantitative estimate of drug-likeness (QED) is 0.615. The maximum absolute atomic E-state index is 12.1. The summed E-state index contributed by atoms with van der Waals surface area (Å²) >= 11 is 0. The summed E-state index contributed by atoms with van der Waals surface area (Å²) < 4.78 is 0. The van der Waals surface area contributed by atoms with Crippen molar-refractivity contribution in [3.63, 3.8) is 0 Å². The van der Waals surface area contributed by atoms with Gasteiger partial charge in [0.2, 0.25) is 0 Å². The molecule has 0 radical (unpaired) electrons. The molecule has 5 heteroatoms. The van der Waals surface area contributed by atoms with Gasteiger partial charge in [0.15, 0.2) is 0 Å². The molecule has 1 amide bonds. The minimum absolute atomic E-state index is 0.213. The van der Waals surface area contributed by atoms with E-state index in [1.807, 2.05) is 26.0 Å². The largest absolute Gasteiger partial charge is 0.399 e. The zero-order valence-corrected chi connectivity index (χ0v) is 12.5. The molecule has 1 aromatic heterocycles. The summed E-state index contributed by atoms with van der Waals surface area (Å²) in [4.78, 5) is 15.2. The van der Waals surface area contributed by atoms with Crippen LogP contribution in [0.2, 0.25) is 0 Å². The Labute approximate surface area is 124 Å². The van der Waals surface area contributed by atoms with Gasteiger partial charge in [-0.3, -0.25) is 4.79 Å². The molecule has 0 saturated heterocycles. The minimum Gasteiger partial charge on any atom is -0.399 e. The Balaban J connectivity index is 2.02. The predicted octanol–water partition coefficient (Wildman–Crippen LogP) is 2.28. The monoisotopic (exact) mass is 289 g/mol. The number of hydrogen-bond acceptors (Lipinski definition) is 3. The fourth-order valence-corrected chi connectivity index (χ4v) is 2.57. The van der Waals surface area contributed by atoms with Gasteiger partial charge in [-0.1, -0.05) is 26.7 Å². The van der Waals surface area contributed by atoms with E-state index in [0.29, 0.717) is 11.4 Å². The number of anilines is 1. The van der Waals surface area contributed by atoms with Crippen molar-refractivity contribution in [3.8, 4) is 0 Å². The van der Waals surface area contributed by atoms with Crippen molar-refractivity contribution in [2.75, 3.05) is 12.3 Å². The molecular formula is C16H23N3O2. The number of hydrogen-bond donors (Lipinski definition) is 4. The Hall–Kier alpha value is -2.01. The van der Waals surface area contributed by atoms with Crippen LogP contribution in [0.1, 0.15) is 37.2 Å². The third kappa shape index (κ3) is 3.55. The third-order valence-corrected chi connectivity index (χ3v) is 3.95. The zero-order chi connectivity index (χ0) is 15.4. The fraction of sp³-hybridized carbons (Fsp3) is 0.438. The highest BCUT2D eigenvalue weighted by molar-refractivity contribution is 5.98. The summed E-state index contributed by atoms with van der Waals surface area (Å²) in [6.07, 6.45) is 1.29. The van der Waals surface area contributed by atoms with E-state index < -0.39 is 6.10 Å². The van der Waals surface area contributed by atoms with E-state index in [4.69, 9.17) is 5.73 Å². The van der Waals surface area contributed by atoms with Crippen LogP contribution in [0.5, 0.6) is 0 Å². The lowest BCUT2D eigenvalue weighted by molar-refractivity contribution is 0.0813. The molecule has 1 unspecified atom stereocenters. The molecule has 21 heavy (non-hydrogen) atoms. The lowest BCUT2D eigenvalue weighted by Crippen LogP contribution is -2.36. The van der Waals surface area contributed by atoms with Crippen LogP contribution in [0.3, 0.4) is 0 Å². The Kier molecular flexibility index (Phi) is 4.85. The molecule has 5 N–H and O–H groups in total. The summed E-state index contributed by atoms with van der Waals surface area (Å²) in [6, 6.07) is 7.23. The van der Waals surface area contributed by atoms with E-state index in [1.54, 1.807) is 12.1 Å². The van der Waals surface area contributed by atoms with E-state index in [2.05, 4.69) is 10.3 Å². The van der Waals surface area contributed by atoms with Crippen LogP contribution in [-0.2, 0) is 0 Å². The van der Waals surface area contributed by atoms with Crippen LogP contribution < -0.4 is 11.1 Å². The number of carbonyl (C=O) groups is 1. The molecule has 0 aliphatic rings. The lowest BCUT2D eigenvalue weighted by Gasteiger charge is -2.20. The van der Waals surface area contributed by atoms with Gasteiger partial charge >= 0.3 is 0 Å². The van der Waals surface area contributed by atoms with Crippen LogP contribution in [-0.4, -0.2) is 28.6 Å². The standard InChI is InChI=1S/C16H23N3O2/c1-3-10(4-2)15(20)9-18-16(21)14-8-11-7-12(17)5-6-13(11)19-14/h5-8,10,15,19-20H,3-4,9,17H2,1-2H3,(H,18,21). The van der Waals surface area contributed by atoms with Gasteiger partial charge < -0.3 is 21.1 Å². The average Bonchev–Trinajstić information content (AvgIpc) is 2.89. The molecule has 2 aromatic rings. The van der Waals surface area contributed by atoms with Crippen molar-refractivity contribution in [2.24, 2.45) is 5.92 Å². The topological polar surface area (TPSA) is 91.1 Å². The van der Waals surface area contributed by atoms with Crippen LogP contribution in [0.4, 0.5) is 5.69 Å². The number of rotatable bonds is 6. The van der Waals surface area contributed by atoms with Gasteiger partial charge in [-0.05, 0) is 30.2 Å². The SMILES string of the molecule is CCC(CC)C(O)CNC(=O)c1cc2cc(N)ccc2[nH]1. The van der Waals surface area contributed by atoms with Crippen molar-refractivity contribution in [2.45, 2.75) is 32.8 Å². The van der Waals surface area contributed by atoms with Crippen LogP contribution in [0.25, 0.3) is 10.9 Å². The number of carbonyl (C=O) groups excluding carboxylic acids is 1. The van der Waals surface area contributed by atoms with Crippen molar-refractivity contribution in [1.82, 2.24) is 10.3 Å². The predicted molar refractivity (Wildman–Crippen MR) is 85.1 cm³/mol. The average molecular weight is 289 g/mol. The highest BCUT2D eigenvalue weighted by Crippen LogP contribution is 2.18. The summed E-state index contributed by atoms with van der Waals surface area (Å²) in [6.45, 7) is 4.35. The summed E-state index contributed by atoms with van der Waals surface area (Å²) in [5.41, 5.74) is 7.74. The van der Waals surface area contributed by atoms with Gasteiger partial charge in [0, 0.05) is 23.1 Å². The number of benzene rings is 1. The first kappa shape index (κ1) is 15.4. The molecule has 1 heterocycles. The molecule has 0 bridgehead atoms. The van der Waals surface area contributed by atoms with Gasteiger partial charge in [-0.15, -0.1) is 0 Å². The number of fused-ring (bicyclic) bond motifs is 1. The van der Waals surface area contributed by atoms with E-state index in [9.17, 15) is 9.90 Å². The highest BCUT2D eigenvalue weighted by atomic mass is 16.3. The minimum atomic E-state index is -0.510. The molecular weight excluding hydrogens is 266 g/mol. The smallest absolute Gasteiger partial charge is 0.267 e. The van der Waals surface area contributed by atoms with E-state index in [0.717, 1.165) is 23.7 Å². The van der Waals surface area contributed by atoms with Gasteiger partial charge in [0.05, 0.1) is 6.10 Å². The molecule has 0 saturated carbocycles. The second kappa shape index (κ2) is 6.63. The Morgan fingerprint density at radius 1 is 1.33 bits per heavy atom. The molecule has 1 atom stereocenters. The molecule has 0 spiro atoms. The zero-order valence-electron chi connectivity index (χ0n) is 12.5. The summed E-state index contributed by atoms with van der Waals surface area (Å²) in [5.74, 6) is 0.00240. The van der Waals surface area contributed by atoms with Crippen LogP contribution in [0.15, 0.2) is 24.3 Å². The molecule has 1 aromatic carbocycles. The number of nitrogens with one attached hydrogen (secondary N) is 2. The Bertz CT molecular complexity index is 617. The molecule has 114 valence electrons. The second-order valence-corrected chi connectivity index (χ2v) is 5.38. The normalized spacial score (nSPS) is 12.8. The Morgan fingerprint density at radius 3 is 2.71 bits per heavy atom. The molecule has 0 aliphatic carbocycles. The third-order valence-electron chi connectivity index (χ3n) is 3.95. The maximum atomic E-state index is 12.1. The molecule has 2 rings (SSSR count). The second-order valence-electron chi connectivity index (χ2n) is 5.38. The number of amides is 1. The first-order valence-electron chi connectivity index (χ1n) is 7.39. The van der Waals surface area contributed by atoms with Crippen molar-refractivity contribution >= 4 is 22.5 Å². The molecule has 5 nitrogen and oxygen atoms in total. The van der Waals surface area contributed by atoms with Crippen LogP contribution in [0, 0.1) is 5.92 Å². The highest BCUT2D eigenvalue weighted by Gasteiger charge is 2.17.